The third-order valence-electron chi connectivity index (χ3n) is 3.84. The monoisotopic (exact) mass is 509 g/mol. The number of carbonyl (C=O) groups excluding carboxylic acids is 2. The average Bonchev–Trinajstić information content (AvgIpc) is 3.32. The first-order valence-corrected chi connectivity index (χ1v) is 10.0. The topological polar surface area (TPSA) is 58.2 Å². The third kappa shape index (κ3) is 11.9. The number of hydrogen-bond acceptors (Lipinski definition) is 2. The molecule has 2 N–H and O–H groups in total. The number of hydrogen-bond donors (Lipinski definition) is 2. The predicted octanol–water partition coefficient (Wildman–Crippen LogP) is 6.12. The van der Waals surface area contributed by atoms with Gasteiger partial charge in [-0.15, -0.1) is 36.4 Å². The van der Waals surface area contributed by atoms with E-state index in [-0.39, 0.29) is 56.7 Å². The van der Waals surface area contributed by atoms with Gasteiger partial charge in [0, 0.05) is 35.1 Å². The van der Waals surface area contributed by atoms with E-state index in [0.29, 0.717) is 0 Å². The van der Waals surface area contributed by atoms with Gasteiger partial charge in [0.15, 0.2) is 0 Å². The van der Waals surface area contributed by atoms with E-state index in [1.807, 2.05) is 42.5 Å². The summed E-state index contributed by atoms with van der Waals surface area (Å²) in [4.78, 5) is 22.3. The molecule has 3 aromatic carbocycles. The van der Waals surface area contributed by atoms with Crippen LogP contribution in [-0.4, -0.2) is 11.8 Å². The molecule has 3 aromatic rings. The number of nitrogens with one attached hydrogen (secondary N) is 2. The Balaban J connectivity index is 0.000000519. The maximum absolute atomic E-state index is 13.0. The fourth-order valence-corrected chi connectivity index (χ4v) is 1.95. The van der Waals surface area contributed by atoms with Crippen LogP contribution in [0.1, 0.15) is 27.7 Å². The number of anilines is 2. The van der Waals surface area contributed by atoms with Crippen molar-refractivity contribution in [2.75, 3.05) is 10.6 Å². The summed E-state index contributed by atoms with van der Waals surface area (Å²) in [5.41, 5.74) is -0.102. The number of benzene rings is 2. The molecule has 2 amide bonds. The van der Waals surface area contributed by atoms with E-state index in [2.05, 4.69) is 10.6 Å². The van der Waals surface area contributed by atoms with Crippen LogP contribution in [0.25, 0.3) is 0 Å². The van der Waals surface area contributed by atoms with E-state index < -0.39 is 23.3 Å². The molecule has 0 spiro atoms. The van der Waals surface area contributed by atoms with Crippen LogP contribution in [0.15, 0.2) is 54.6 Å². The SMILES string of the molecule is CC(C)C(=O)Nc1ccc(F)[c-]c1F.CC(C)C(=O)Nc1ccc(F)[c-]c1F.[Ti+3].c1cc[cH-]c1. The van der Waals surface area contributed by atoms with E-state index in [1.54, 1.807) is 27.7 Å². The molecule has 9 heteroatoms. The number of amides is 2. The standard InChI is InChI=1S/2C10H10F2NO.C5H5.Ti/c2*1-6(2)10(14)13-9-4-3-7(11)5-8(9)12;1-2-4-5-3-1;/h2*3-4,6H,1-2H3,(H,13,14);1-5H;/q3*-1;+3. The molecule has 0 saturated carbocycles. The Morgan fingerprint density at radius 1 is 0.735 bits per heavy atom. The van der Waals surface area contributed by atoms with Gasteiger partial charge in [0.25, 0.3) is 0 Å². The molecule has 4 nitrogen and oxygen atoms in total. The van der Waals surface area contributed by atoms with Crippen molar-refractivity contribution < 1.29 is 48.9 Å². The summed E-state index contributed by atoms with van der Waals surface area (Å²) >= 11 is 0. The van der Waals surface area contributed by atoms with Crippen LogP contribution in [-0.2, 0) is 31.3 Å². The summed E-state index contributed by atoms with van der Waals surface area (Å²) in [5.74, 6) is -4.49. The molecule has 0 atom stereocenters. The van der Waals surface area contributed by atoms with Gasteiger partial charge in [0.05, 0.1) is 0 Å². The smallest absolute Gasteiger partial charge is 0.377 e. The van der Waals surface area contributed by atoms with Gasteiger partial charge in [-0.1, -0.05) is 27.7 Å². The molecule has 179 valence electrons. The van der Waals surface area contributed by atoms with Crippen LogP contribution < -0.4 is 10.6 Å². The molecule has 0 heterocycles. The van der Waals surface area contributed by atoms with Crippen molar-refractivity contribution in [2.45, 2.75) is 27.7 Å². The van der Waals surface area contributed by atoms with Crippen LogP contribution in [0.3, 0.4) is 0 Å². The van der Waals surface area contributed by atoms with E-state index in [0.717, 1.165) is 12.1 Å². The van der Waals surface area contributed by atoms with Crippen molar-refractivity contribution in [3.05, 3.63) is 90.0 Å². The Hall–Kier alpha value is -2.84. The fraction of sp³-hybridized carbons (Fsp3) is 0.240. The van der Waals surface area contributed by atoms with Gasteiger partial charge >= 0.3 is 21.7 Å². The minimum atomic E-state index is -0.890. The molecular formula is C25H25F4N2O2Ti. The Labute approximate surface area is 212 Å². The molecule has 0 aromatic heterocycles. The summed E-state index contributed by atoms with van der Waals surface area (Å²) in [6.45, 7) is 6.72. The Morgan fingerprint density at radius 3 is 1.32 bits per heavy atom. The minimum absolute atomic E-state index is 0. The Kier molecular flexibility index (Phi) is 14.6. The zero-order chi connectivity index (χ0) is 25.0. The van der Waals surface area contributed by atoms with E-state index in [1.165, 1.54) is 12.1 Å². The van der Waals surface area contributed by atoms with E-state index in [9.17, 15) is 27.2 Å². The molecular weight excluding hydrogens is 484 g/mol. The molecule has 0 fully saturated rings. The predicted molar refractivity (Wildman–Crippen MR) is 119 cm³/mol. The van der Waals surface area contributed by atoms with Crippen LogP contribution in [0, 0.1) is 47.2 Å². The molecule has 0 aliphatic rings. The Bertz CT molecular complexity index is 939. The van der Waals surface area contributed by atoms with Gasteiger partial charge in [-0.05, 0) is 11.4 Å². The van der Waals surface area contributed by atoms with Crippen molar-refractivity contribution in [3.63, 3.8) is 0 Å². The molecule has 1 radical (unpaired) electrons. The fourth-order valence-electron chi connectivity index (χ4n) is 1.95. The van der Waals surface area contributed by atoms with Crippen LogP contribution >= 0.6 is 0 Å². The first-order valence-electron chi connectivity index (χ1n) is 10.0. The largest absolute Gasteiger partial charge is 3.00 e. The number of halogens is 4. The van der Waals surface area contributed by atoms with Crippen molar-refractivity contribution >= 4 is 23.2 Å². The Morgan fingerprint density at radius 2 is 1.09 bits per heavy atom. The van der Waals surface area contributed by atoms with Crippen molar-refractivity contribution in [3.8, 4) is 0 Å². The van der Waals surface area contributed by atoms with E-state index >= 15 is 0 Å². The van der Waals surface area contributed by atoms with Gasteiger partial charge in [0.2, 0.25) is 11.8 Å². The summed E-state index contributed by atoms with van der Waals surface area (Å²) < 4.78 is 50.8. The minimum Gasteiger partial charge on any atom is -0.377 e. The van der Waals surface area contributed by atoms with Crippen molar-refractivity contribution in [2.24, 2.45) is 11.8 Å². The zero-order valence-corrected chi connectivity index (χ0v) is 20.7. The van der Waals surface area contributed by atoms with Gasteiger partial charge in [-0.25, -0.2) is 29.7 Å². The van der Waals surface area contributed by atoms with E-state index in [4.69, 9.17) is 0 Å². The van der Waals surface area contributed by atoms with Gasteiger partial charge in [0.1, 0.15) is 0 Å². The first kappa shape index (κ1) is 31.2. The van der Waals surface area contributed by atoms with Crippen molar-refractivity contribution in [1.82, 2.24) is 0 Å². The molecule has 0 aliphatic heterocycles. The second-order valence-electron chi connectivity index (χ2n) is 7.32. The molecule has 0 bridgehead atoms. The molecule has 0 unspecified atom stereocenters. The maximum atomic E-state index is 13.0. The van der Waals surface area contributed by atoms with Gasteiger partial charge < -0.3 is 10.6 Å². The zero-order valence-electron chi connectivity index (χ0n) is 19.2. The maximum Gasteiger partial charge on any atom is 3.00 e. The summed E-state index contributed by atoms with van der Waals surface area (Å²) in [7, 11) is 0. The van der Waals surface area contributed by atoms with Crippen molar-refractivity contribution in [1.29, 1.82) is 0 Å². The van der Waals surface area contributed by atoms with Gasteiger partial charge in [-0.3, -0.25) is 9.59 Å². The molecule has 34 heavy (non-hydrogen) atoms. The normalized spacial score (nSPS) is 9.71. The number of carbonyl (C=O) groups is 2. The van der Waals surface area contributed by atoms with Crippen LogP contribution in [0.5, 0.6) is 0 Å². The van der Waals surface area contributed by atoms with Gasteiger partial charge in [-0.2, -0.15) is 18.2 Å². The van der Waals surface area contributed by atoms with Crippen LogP contribution in [0.4, 0.5) is 28.9 Å². The second kappa shape index (κ2) is 15.9. The number of rotatable bonds is 4. The average molecular weight is 509 g/mol. The quantitative estimate of drug-likeness (QED) is 0.253. The second-order valence-corrected chi connectivity index (χ2v) is 7.32. The molecule has 0 aliphatic carbocycles. The third-order valence-corrected chi connectivity index (χ3v) is 3.84. The molecule has 0 saturated heterocycles. The summed E-state index contributed by atoms with van der Waals surface area (Å²) in [5, 5.41) is 4.65. The van der Waals surface area contributed by atoms with Crippen LogP contribution in [0.2, 0.25) is 0 Å². The first-order chi connectivity index (χ1) is 15.5. The summed E-state index contributed by atoms with van der Waals surface area (Å²) in [6.07, 6.45) is 0. The molecule has 3 rings (SSSR count). The summed E-state index contributed by atoms with van der Waals surface area (Å²) in [6, 6.07) is 18.1.